The number of nitrogens with one attached hydrogen (secondary N) is 1. The number of carbonyl (C=O) groups excluding carboxylic acids is 2. The lowest BCUT2D eigenvalue weighted by Crippen LogP contribution is -2.50. The first-order valence-electron chi connectivity index (χ1n) is 11.0. The first-order valence-corrected chi connectivity index (χ1v) is 11.0. The van der Waals surface area contributed by atoms with E-state index in [2.05, 4.69) is 10.3 Å². The van der Waals surface area contributed by atoms with Crippen molar-refractivity contribution in [2.75, 3.05) is 6.54 Å². The van der Waals surface area contributed by atoms with E-state index in [-0.39, 0.29) is 36.0 Å². The zero-order valence-corrected chi connectivity index (χ0v) is 19.1. The number of aliphatic imine (C=N–C) groups is 1. The summed E-state index contributed by atoms with van der Waals surface area (Å²) in [6.45, 7) is 7.63. The summed E-state index contributed by atoms with van der Waals surface area (Å²) in [7, 11) is 0. The van der Waals surface area contributed by atoms with Gasteiger partial charge in [0.1, 0.15) is 11.4 Å². The third-order valence-corrected chi connectivity index (χ3v) is 6.37. The van der Waals surface area contributed by atoms with Crippen molar-refractivity contribution in [3.63, 3.8) is 0 Å². The lowest BCUT2D eigenvalue weighted by molar-refractivity contribution is -0.137. The Balaban J connectivity index is 1.46. The van der Waals surface area contributed by atoms with Crippen LogP contribution in [0.25, 0.3) is 0 Å². The summed E-state index contributed by atoms with van der Waals surface area (Å²) in [5.74, 6) is -0.285. The molecule has 1 fully saturated rings. The Kier molecular flexibility index (Phi) is 5.41. The van der Waals surface area contributed by atoms with Crippen LogP contribution in [-0.4, -0.2) is 40.4 Å². The molecule has 10 heteroatoms. The van der Waals surface area contributed by atoms with Gasteiger partial charge >= 0.3 is 6.18 Å². The van der Waals surface area contributed by atoms with Crippen LogP contribution in [0.2, 0.25) is 0 Å². The lowest BCUT2D eigenvalue weighted by Gasteiger charge is -2.38. The van der Waals surface area contributed by atoms with Gasteiger partial charge in [-0.3, -0.25) is 14.5 Å². The van der Waals surface area contributed by atoms with Gasteiger partial charge in [-0.2, -0.15) is 13.2 Å². The van der Waals surface area contributed by atoms with Gasteiger partial charge in [0.15, 0.2) is 5.96 Å². The highest BCUT2D eigenvalue weighted by Crippen LogP contribution is 2.44. The number of hydrogen-bond acceptors (Lipinski definition) is 5. The largest absolute Gasteiger partial charge is 0.487 e. The number of amides is 2. The van der Waals surface area contributed by atoms with Gasteiger partial charge in [-0.1, -0.05) is 0 Å². The highest BCUT2D eigenvalue weighted by Gasteiger charge is 2.47. The van der Waals surface area contributed by atoms with Crippen LogP contribution >= 0.6 is 0 Å². The molecule has 0 saturated heterocycles. The minimum absolute atomic E-state index is 0.0715. The second-order valence-corrected chi connectivity index (χ2v) is 10.4. The van der Waals surface area contributed by atoms with Gasteiger partial charge in [0, 0.05) is 24.4 Å². The van der Waals surface area contributed by atoms with E-state index in [0.29, 0.717) is 30.7 Å². The standard InChI is InChI=1S/C23H29F3N4O3/c1-21(2)10-18(31)30(20(27)29-21)11-12-7-14(12)19(32)28-16-9-22(3,4)33-17-6-5-13(8-15(16)17)23(24,25)26/h5-6,8,12,14,16H,7,9-11H2,1-4H3,(H2,27,29)(H,28,32)/t12-,14+,16+/m1/s1. The molecule has 0 bridgehead atoms. The predicted octanol–water partition coefficient (Wildman–Crippen LogP) is 3.39. The molecule has 0 unspecified atom stereocenters. The number of hydrogen-bond donors (Lipinski definition) is 2. The monoisotopic (exact) mass is 466 g/mol. The fourth-order valence-corrected chi connectivity index (χ4v) is 4.64. The molecule has 3 atom stereocenters. The number of fused-ring (bicyclic) bond motifs is 1. The molecule has 3 N–H and O–H groups in total. The second kappa shape index (κ2) is 7.63. The molecule has 2 aliphatic heterocycles. The van der Waals surface area contributed by atoms with Crippen molar-refractivity contribution in [1.82, 2.24) is 10.2 Å². The number of ether oxygens (including phenoxy) is 1. The first kappa shape index (κ1) is 23.4. The molecule has 180 valence electrons. The van der Waals surface area contributed by atoms with Gasteiger partial charge in [-0.15, -0.1) is 0 Å². The Hall–Kier alpha value is -2.78. The maximum absolute atomic E-state index is 13.2. The number of carbonyl (C=O) groups is 2. The molecule has 1 saturated carbocycles. The van der Waals surface area contributed by atoms with Crippen LogP contribution in [-0.2, 0) is 15.8 Å². The topological polar surface area (TPSA) is 97.0 Å². The lowest BCUT2D eigenvalue weighted by atomic mass is 9.88. The highest BCUT2D eigenvalue weighted by molar-refractivity contribution is 5.99. The second-order valence-electron chi connectivity index (χ2n) is 10.4. The summed E-state index contributed by atoms with van der Waals surface area (Å²) in [6, 6.07) is 2.73. The maximum atomic E-state index is 13.2. The van der Waals surface area contributed by atoms with E-state index in [9.17, 15) is 22.8 Å². The molecule has 4 rings (SSSR count). The van der Waals surface area contributed by atoms with Crippen LogP contribution in [0.5, 0.6) is 5.75 Å². The number of nitrogens with two attached hydrogens (primary N) is 1. The van der Waals surface area contributed by atoms with Gasteiger partial charge in [0.2, 0.25) is 11.8 Å². The molecule has 2 heterocycles. The predicted molar refractivity (Wildman–Crippen MR) is 115 cm³/mol. The van der Waals surface area contributed by atoms with Gasteiger partial charge in [-0.05, 0) is 58.2 Å². The van der Waals surface area contributed by atoms with E-state index in [4.69, 9.17) is 10.5 Å². The third-order valence-electron chi connectivity index (χ3n) is 6.37. The summed E-state index contributed by atoms with van der Waals surface area (Å²) in [6.07, 6.45) is -3.33. The Morgan fingerprint density at radius 1 is 1.30 bits per heavy atom. The summed E-state index contributed by atoms with van der Waals surface area (Å²) >= 11 is 0. The normalized spacial score (nSPS) is 27.8. The number of alkyl halides is 3. The number of nitrogens with zero attached hydrogens (tertiary/aromatic N) is 2. The molecule has 1 aromatic carbocycles. The van der Waals surface area contributed by atoms with Crippen LogP contribution in [0.1, 0.15) is 64.1 Å². The van der Waals surface area contributed by atoms with E-state index in [0.717, 1.165) is 12.1 Å². The SMILES string of the molecule is CC1(C)CC(=O)N(C[C@H]2C[C@@H]2C(=O)N[C@H]2CC(C)(C)Oc3ccc(C(F)(F)F)cc32)C(N)=N1. The van der Waals surface area contributed by atoms with E-state index >= 15 is 0 Å². The highest BCUT2D eigenvalue weighted by atomic mass is 19.4. The minimum atomic E-state index is -4.49. The van der Waals surface area contributed by atoms with Crippen molar-refractivity contribution in [3.8, 4) is 5.75 Å². The van der Waals surface area contributed by atoms with Gasteiger partial charge in [-0.25, -0.2) is 4.99 Å². The summed E-state index contributed by atoms with van der Waals surface area (Å²) in [5, 5.41) is 2.92. The van der Waals surface area contributed by atoms with Gasteiger partial charge < -0.3 is 15.8 Å². The van der Waals surface area contributed by atoms with E-state index < -0.39 is 28.9 Å². The van der Waals surface area contributed by atoms with E-state index in [1.54, 1.807) is 0 Å². The minimum Gasteiger partial charge on any atom is -0.487 e. The number of guanidine groups is 1. The Bertz CT molecular complexity index is 1020. The van der Waals surface area contributed by atoms with Gasteiger partial charge in [0.25, 0.3) is 0 Å². The Morgan fingerprint density at radius 3 is 2.64 bits per heavy atom. The molecule has 1 aliphatic carbocycles. The van der Waals surface area contributed by atoms with Crippen LogP contribution < -0.4 is 15.8 Å². The molecule has 0 spiro atoms. The molecular formula is C23H29F3N4O3. The molecule has 0 radical (unpaired) electrons. The van der Waals surface area contributed by atoms with Gasteiger partial charge in [0.05, 0.1) is 23.6 Å². The fourth-order valence-electron chi connectivity index (χ4n) is 4.64. The van der Waals surface area contributed by atoms with E-state index in [1.807, 2.05) is 27.7 Å². The quantitative estimate of drug-likeness (QED) is 0.711. The smallest absolute Gasteiger partial charge is 0.416 e. The molecule has 2 amide bonds. The number of benzene rings is 1. The zero-order chi connectivity index (χ0) is 24.3. The van der Waals surface area contributed by atoms with Crippen molar-refractivity contribution < 1.29 is 27.5 Å². The molecule has 33 heavy (non-hydrogen) atoms. The van der Waals surface area contributed by atoms with Crippen LogP contribution in [0, 0.1) is 11.8 Å². The van der Waals surface area contributed by atoms with Crippen LogP contribution in [0.3, 0.4) is 0 Å². The molecule has 3 aliphatic rings. The van der Waals surface area contributed by atoms with Crippen molar-refractivity contribution >= 4 is 17.8 Å². The van der Waals surface area contributed by atoms with Crippen LogP contribution in [0.15, 0.2) is 23.2 Å². The van der Waals surface area contributed by atoms with Crippen molar-refractivity contribution in [1.29, 1.82) is 0 Å². The molecule has 0 aromatic heterocycles. The van der Waals surface area contributed by atoms with Crippen molar-refractivity contribution in [3.05, 3.63) is 29.3 Å². The average molecular weight is 467 g/mol. The molecular weight excluding hydrogens is 437 g/mol. The van der Waals surface area contributed by atoms with E-state index in [1.165, 1.54) is 11.0 Å². The fraction of sp³-hybridized carbons (Fsp3) is 0.609. The van der Waals surface area contributed by atoms with Crippen LogP contribution in [0.4, 0.5) is 13.2 Å². The Labute approximate surface area is 190 Å². The zero-order valence-electron chi connectivity index (χ0n) is 19.1. The molecule has 1 aromatic rings. The third kappa shape index (κ3) is 4.94. The summed E-state index contributed by atoms with van der Waals surface area (Å²) in [5.41, 5.74) is 4.32. The maximum Gasteiger partial charge on any atom is 0.416 e. The summed E-state index contributed by atoms with van der Waals surface area (Å²) in [4.78, 5) is 31.2. The van der Waals surface area contributed by atoms with Crippen molar-refractivity contribution in [2.24, 2.45) is 22.6 Å². The Morgan fingerprint density at radius 2 is 2.00 bits per heavy atom. The summed E-state index contributed by atoms with van der Waals surface area (Å²) < 4.78 is 45.6. The molecule has 7 nitrogen and oxygen atoms in total. The average Bonchev–Trinajstić information content (AvgIpc) is 3.41. The van der Waals surface area contributed by atoms with Crippen molar-refractivity contribution in [2.45, 2.75) is 70.3 Å². The number of halogens is 3. The first-order chi connectivity index (χ1) is 15.2. The number of rotatable bonds is 4.